The highest BCUT2D eigenvalue weighted by atomic mass is 32.2. The molecule has 0 aliphatic carbocycles. The molecule has 0 aliphatic rings. The number of hydrogen-bond acceptors (Lipinski definition) is 6. The first-order chi connectivity index (χ1) is 9.27. The Labute approximate surface area is 121 Å². The number of rotatable bonds is 4. The molecule has 6 nitrogen and oxygen atoms in total. The van der Waals surface area contributed by atoms with Crippen molar-refractivity contribution < 1.29 is 8.42 Å². The van der Waals surface area contributed by atoms with Crippen molar-refractivity contribution in [3.05, 3.63) is 34.3 Å². The summed E-state index contributed by atoms with van der Waals surface area (Å²) >= 11 is 1.57. The first-order valence-electron chi connectivity index (χ1n) is 5.88. The molecule has 20 heavy (non-hydrogen) atoms. The molecule has 2 rings (SSSR count). The first kappa shape index (κ1) is 14.8. The maximum absolute atomic E-state index is 11.4. The molecule has 1 atom stereocenters. The predicted octanol–water partition coefficient (Wildman–Crippen LogP) is 1.85. The van der Waals surface area contributed by atoms with Gasteiger partial charge in [-0.2, -0.15) is 0 Å². The zero-order chi connectivity index (χ0) is 14.9. The summed E-state index contributed by atoms with van der Waals surface area (Å²) in [6.07, 6.45) is 1.79. The van der Waals surface area contributed by atoms with Gasteiger partial charge in [0.2, 0.25) is 10.0 Å². The van der Waals surface area contributed by atoms with Crippen LogP contribution in [0.1, 0.15) is 22.9 Å². The standard InChI is InChI=1S/C12H16N4O2S2/c1-7-6-15-12(19-7)8(2)16-11-5-9(20(14,17)18)3-4-10(11)13/h3-6,8,16H,13H2,1-2H3,(H2,14,17,18). The van der Waals surface area contributed by atoms with E-state index in [1.807, 2.05) is 13.8 Å². The van der Waals surface area contributed by atoms with E-state index in [0.717, 1.165) is 9.88 Å². The van der Waals surface area contributed by atoms with Crippen molar-refractivity contribution in [1.82, 2.24) is 4.98 Å². The number of anilines is 2. The van der Waals surface area contributed by atoms with E-state index in [1.54, 1.807) is 17.5 Å². The van der Waals surface area contributed by atoms with Gasteiger partial charge in [0.05, 0.1) is 22.3 Å². The quantitative estimate of drug-likeness (QED) is 0.746. The van der Waals surface area contributed by atoms with Crippen LogP contribution >= 0.6 is 11.3 Å². The summed E-state index contributed by atoms with van der Waals surface area (Å²) in [7, 11) is -3.75. The fourth-order valence-electron chi connectivity index (χ4n) is 1.70. The molecule has 0 amide bonds. The Balaban J connectivity index is 2.29. The highest BCUT2D eigenvalue weighted by Crippen LogP contribution is 2.28. The third-order valence-corrected chi connectivity index (χ3v) is 4.74. The largest absolute Gasteiger partial charge is 0.397 e. The molecule has 0 fully saturated rings. The number of nitrogens with zero attached hydrogens (tertiary/aromatic N) is 1. The molecule has 1 aromatic heterocycles. The molecule has 0 saturated carbocycles. The monoisotopic (exact) mass is 312 g/mol. The minimum Gasteiger partial charge on any atom is -0.397 e. The van der Waals surface area contributed by atoms with Gasteiger partial charge in [-0.05, 0) is 32.0 Å². The number of thiazole rings is 1. The minimum absolute atomic E-state index is 0.0247. The van der Waals surface area contributed by atoms with Gasteiger partial charge in [0.1, 0.15) is 5.01 Å². The van der Waals surface area contributed by atoms with Crippen molar-refractivity contribution in [3.63, 3.8) is 0 Å². The van der Waals surface area contributed by atoms with Crippen LogP contribution in [0.15, 0.2) is 29.3 Å². The Morgan fingerprint density at radius 1 is 1.40 bits per heavy atom. The predicted molar refractivity (Wildman–Crippen MR) is 81.1 cm³/mol. The SMILES string of the molecule is Cc1cnc(C(C)Nc2cc(S(N)(=O)=O)ccc2N)s1. The van der Waals surface area contributed by atoms with E-state index in [9.17, 15) is 8.42 Å². The second kappa shape index (κ2) is 5.39. The molecule has 0 spiro atoms. The molecular formula is C12H16N4O2S2. The maximum Gasteiger partial charge on any atom is 0.238 e. The molecule has 2 aromatic rings. The van der Waals surface area contributed by atoms with Gasteiger partial charge >= 0.3 is 0 Å². The lowest BCUT2D eigenvalue weighted by molar-refractivity contribution is 0.598. The number of nitrogens with two attached hydrogens (primary N) is 2. The molecular weight excluding hydrogens is 296 g/mol. The van der Waals surface area contributed by atoms with Gasteiger partial charge in [0, 0.05) is 11.1 Å². The normalized spacial score (nSPS) is 13.2. The fraction of sp³-hybridized carbons (Fsp3) is 0.250. The number of benzene rings is 1. The Morgan fingerprint density at radius 2 is 2.10 bits per heavy atom. The summed E-state index contributed by atoms with van der Waals surface area (Å²) in [5, 5.41) is 9.17. The lowest BCUT2D eigenvalue weighted by atomic mass is 10.2. The topological polar surface area (TPSA) is 111 Å². The molecule has 0 bridgehead atoms. The van der Waals surface area contributed by atoms with Crippen LogP contribution in [-0.4, -0.2) is 13.4 Å². The Kier molecular flexibility index (Phi) is 3.98. The smallest absolute Gasteiger partial charge is 0.238 e. The van der Waals surface area contributed by atoms with E-state index in [-0.39, 0.29) is 10.9 Å². The molecule has 108 valence electrons. The van der Waals surface area contributed by atoms with Crippen molar-refractivity contribution >= 4 is 32.7 Å². The molecule has 5 N–H and O–H groups in total. The van der Waals surface area contributed by atoms with Gasteiger partial charge < -0.3 is 11.1 Å². The van der Waals surface area contributed by atoms with Gasteiger partial charge in [0.25, 0.3) is 0 Å². The lowest BCUT2D eigenvalue weighted by Crippen LogP contribution is -2.14. The summed E-state index contributed by atoms with van der Waals surface area (Å²) in [5.41, 5.74) is 6.83. The fourth-order valence-corrected chi connectivity index (χ4v) is 3.02. The van der Waals surface area contributed by atoms with Crippen molar-refractivity contribution in [3.8, 4) is 0 Å². The summed E-state index contributed by atoms with van der Waals surface area (Å²) < 4.78 is 22.7. The Hall–Kier alpha value is -1.64. The van der Waals surface area contributed by atoms with E-state index in [0.29, 0.717) is 11.4 Å². The van der Waals surface area contributed by atoms with Crippen LogP contribution in [0.25, 0.3) is 0 Å². The Morgan fingerprint density at radius 3 is 2.65 bits per heavy atom. The van der Waals surface area contributed by atoms with Gasteiger partial charge in [-0.1, -0.05) is 0 Å². The molecule has 1 aromatic carbocycles. The van der Waals surface area contributed by atoms with E-state index < -0.39 is 10.0 Å². The van der Waals surface area contributed by atoms with Crippen molar-refractivity contribution in [2.75, 3.05) is 11.1 Å². The van der Waals surface area contributed by atoms with Crippen LogP contribution in [0.2, 0.25) is 0 Å². The zero-order valence-electron chi connectivity index (χ0n) is 11.1. The van der Waals surface area contributed by atoms with Crippen molar-refractivity contribution in [2.45, 2.75) is 24.8 Å². The first-order valence-corrected chi connectivity index (χ1v) is 8.25. The van der Waals surface area contributed by atoms with Gasteiger partial charge in [-0.15, -0.1) is 11.3 Å². The molecule has 1 unspecified atom stereocenters. The second-order valence-electron chi connectivity index (χ2n) is 4.47. The molecule has 1 heterocycles. The summed E-state index contributed by atoms with van der Waals surface area (Å²) in [4.78, 5) is 5.42. The highest BCUT2D eigenvalue weighted by Gasteiger charge is 2.14. The van der Waals surface area contributed by atoms with E-state index in [4.69, 9.17) is 10.9 Å². The molecule has 8 heteroatoms. The number of hydrogen-bond donors (Lipinski definition) is 3. The zero-order valence-corrected chi connectivity index (χ0v) is 12.8. The summed E-state index contributed by atoms with van der Waals surface area (Å²) in [5.74, 6) is 0. The molecule has 0 radical (unpaired) electrons. The minimum atomic E-state index is -3.75. The average Bonchev–Trinajstić information content (AvgIpc) is 2.77. The second-order valence-corrected chi connectivity index (χ2v) is 7.30. The number of sulfonamides is 1. The molecule has 0 aliphatic heterocycles. The van der Waals surface area contributed by atoms with Crippen LogP contribution < -0.4 is 16.2 Å². The van der Waals surface area contributed by atoms with Crippen LogP contribution in [0.3, 0.4) is 0 Å². The number of aromatic nitrogens is 1. The van der Waals surface area contributed by atoms with Crippen LogP contribution in [0, 0.1) is 6.92 Å². The summed E-state index contributed by atoms with van der Waals surface area (Å²) in [6.45, 7) is 3.91. The van der Waals surface area contributed by atoms with E-state index in [2.05, 4.69) is 10.3 Å². The Bertz CT molecular complexity index is 725. The molecule has 0 saturated heterocycles. The summed E-state index contributed by atoms with van der Waals surface area (Å²) in [6, 6.07) is 4.25. The van der Waals surface area contributed by atoms with E-state index in [1.165, 1.54) is 18.2 Å². The van der Waals surface area contributed by atoms with Gasteiger partial charge in [-0.25, -0.2) is 18.5 Å². The number of nitrogen functional groups attached to an aromatic ring is 1. The van der Waals surface area contributed by atoms with Crippen molar-refractivity contribution in [1.29, 1.82) is 0 Å². The van der Waals surface area contributed by atoms with Crippen LogP contribution in [0.5, 0.6) is 0 Å². The average molecular weight is 312 g/mol. The van der Waals surface area contributed by atoms with Crippen molar-refractivity contribution in [2.24, 2.45) is 5.14 Å². The third kappa shape index (κ3) is 3.27. The third-order valence-electron chi connectivity index (χ3n) is 2.73. The van der Waals surface area contributed by atoms with Gasteiger partial charge in [0.15, 0.2) is 0 Å². The van der Waals surface area contributed by atoms with Crippen LogP contribution in [0.4, 0.5) is 11.4 Å². The van der Waals surface area contributed by atoms with Gasteiger partial charge in [-0.3, -0.25) is 0 Å². The number of nitrogens with one attached hydrogen (secondary N) is 1. The highest BCUT2D eigenvalue weighted by molar-refractivity contribution is 7.89. The number of aryl methyl sites for hydroxylation is 1. The van der Waals surface area contributed by atoms with Crippen LogP contribution in [-0.2, 0) is 10.0 Å². The lowest BCUT2D eigenvalue weighted by Gasteiger charge is -2.15. The van der Waals surface area contributed by atoms with E-state index >= 15 is 0 Å². The maximum atomic E-state index is 11.4. The number of primary sulfonamides is 1.